The molecule has 5 N–H and O–H groups in total. The van der Waals surface area contributed by atoms with Crippen molar-refractivity contribution in [2.45, 2.75) is 18.9 Å². The number of nitrogen functional groups attached to an aromatic ring is 1. The van der Waals surface area contributed by atoms with Crippen molar-refractivity contribution in [1.29, 1.82) is 0 Å². The summed E-state index contributed by atoms with van der Waals surface area (Å²) in [7, 11) is 0. The third-order valence-electron chi connectivity index (χ3n) is 3.86. The van der Waals surface area contributed by atoms with Crippen molar-refractivity contribution in [2.24, 2.45) is 5.73 Å². The number of phenols is 1. The topological polar surface area (TPSA) is 101 Å². The fourth-order valence-corrected chi connectivity index (χ4v) is 2.61. The number of aromatic hydroxyl groups is 1. The van der Waals surface area contributed by atoms with Crippen LogP contribution in [0.1, 0.15) is 12.8 Å². The normalized spacial score (nSPS) is 16.1. The Kier molecular flexibility index (Phi) is 3.62. The molecule has 21 heavy (non-hydrogen) atoms. The maximum absolute atomic E-state index is 9.94. The van der Waals surface area contributed by atoms with E-state index in [1.165, 1.54) is 0 Å². The Labute approximate surface area is 123 Å². The lowest BCUT2D eigenvalue weighted by Crippen LogP contribution is -2.40. The highest BCUT2D eigenvalue weighted by atomic mass is 16.3. The molecule has 6 nitrogen and oxygen atoms in total. The lowest BCUT2D eigenvalue weighted by atomic mass is 10.0. The number of rotatable bonds is 2. The molecule has 6 heteroatoms. The molecule has 1 aromatic heterocycles. The number of nitrogens with zero attached hydrogens (tertiary/aromatic N) is 3. The highest BCUT2D eigenvalue weighted by Gasteiger charge is 2.20. The molecule has 0 radical (unpaired) electrons. The number of nitrogens with two attached hydrogens (primary N) is 2. The molecular weight excluding hydrogens is 266 g/mol. The van der Waals surface area contributed by atoms with Gasteiger partial charge in [-0.25, -0.2) is 0 Å². The highest BCUT2D eigenvalue weighted by Crippen LogP contribution is 2.32. The van der Waals surface area contributed by atoms with Crippen LogP contribution in [0.5, 0.6) is 5.75 Å². The minimum absolute atomic E-state index is 0.184. The largest absolute Gasteiger partial charge is 0.507 e. The second-order valence-electron chi connectivity index (χ2n) is 5.34. The summed E-state index contributed by atoms with van der Waals surface area (Å²) >= 11 is 0. The van der Waals surface area contributed by atoms with Gasteiger partial charge in [-0.05, 0) is 31.0 Å². The highest BCUT2D eigenvalue weighted by molar-refractivity contribution is 5.74. The minimum Gasteiger partial charge on any atom is -0.507 e. The van der Waals surface area contributed by atoms with E-state index in [2.05, 4.69) is 15.1 Å². The smallest absolute Gasteiger partial charge is 0.169 e. The van der Waals surface area contributed by atoms with Gasteiger partial charge in [0.25, 0.3) is 0 Å². The van der Waals surface area contributed by atoms with Crippen molar-refractivity contribution in [3.63, 3.8) is 0 Å². The van der Waals surface area contributed by atoms with Gasteiger partial charge in [-0.1, -0.05) is 12.1 Å². The summed E-state index contributed by atoms with van der Waals surface area (Å²) in [6.45, 7) is 1.72. The fraction of sp³-hybridized carbons (Fsp3) is 0.333. The van der Waals surface area contributed by atoms with Gasteiger partial charge in [0.1, 0.15) is 5.75 Å². The average Bonchev–Trinajstić information content (AvgIpc) is 2.50. The summed E-state index contributed by atoms with van der Waals surface area (Å²) < 4.78 is 0. The van der Waals surface area contributed by atoms with Crippen molar-refractivity contribution >= 4 is 11.5 Å². The fourth-order valence-electron chi connectivity index (χ4n) is 2.61. The van der Waals surface area contributed by atoms with Gasteiger partial charge >= 0.3 is 0 Å². The van der Waals surface area contributed by atoms with Crippen molar-refractivity contribution in [2.75, 3.05) is 23.7 Å². The number of aromatic nitrogens is 2. The Morgan fingerprint density at radius 1 is 1.14 bits per heavy atom. The van der Waals surface area contributed by atoms with Crippen LogP contribution in [0, 0.1) is 0 Å². The molecule has 1 aliphatic rings. The van der Waals surface area contributed by atoms with Gasteiger partial charge in [-0.3, -0.25) is 0 Å². The van der Waals surface area contributed by atoms with Gasteiger partial charge < -0.3 is 21.5 Å². The first kappa shape index (κ1) is 13.6. The van der Waals surface area contributed by atoms with Gasteiger partial charge in [0.2, 0.25) is 0 Å². The molecule has 0 saturated carbocycles. The molecule has 2 heterocycles. The van der Waals surface area contributed by atoms with Crippen LogP contribution in [-0.2, 0) is 0 Å². The summed E-state index contributed by atoms with van der Waals surface area (Å²) in [5.74, 6) is 0.591. The van der Waals surface area contributed by atoms with E-state index < -0.39 is 0 Å². The molecule has 2 aromatic rings. The van der Waals surface area contributed by atoms with Crippen LogP contribution in [0.4, 0.5) is 11.5 Å². The second-order valence-corrected chi connectivity index (χ2v) is 5.34. The Morgan fingerprint density at radius 3 is 2.57 bits per heavy atom. The standard InChI is InChI=1S/C15H19N5O/c16-10-5-7-20(8-6-10)13-9-12(18-19-15(13)17)11-3-1-2-4-14(11)21/h1-4,9-10,21H,5-8,16H2,(H2,17,19). The predicted molar refractivity (Wildman–Crippen MR) is 83.0 cm³/mol. The zero-order chi connectivity index (χ0) is 14.8. The molecule has 1 fully saturated rings. The van der Waals surface area contributed by atoms with E-state index in [0.29, 0.717) is 17.1 Å². The number of hydrogen-bond donors (Lipinski definition) is 3. The molecule has 0 bridgehead atoms. The number of hydrogen-bond acceptors (Lipinski definition) is 6. The quantitative estimate of drug-likeness (QED) is 0.770. The summed E-state index contributed by atoms with van der Waals surface area (Å²) in [5.41, 5.74) is 14.0. The van der Waals surface area contributed by atoms with Crippen LogP contribution < -0.4 is 16.4 Å². The Balaban J connectivity index is 1.95. The van der Waals surface area contributed by atoms with Crippen LogP contribution in [0.2, 0.25) is 0 Å². The lowest BCUT2D eigenvalue weighted by Gasteiger charge is -2.32. The summed E-state index contributed by atoms with van der Waals surface area (Å²) in [4.78, 5) is 2.18. The van der Waals surface area contributed by atoms with Gasteiger partial charge in [0.15, 0.2) is 5.82 Å². The Hall–Kier alpha value is -2.34. The molecule has 1 aliphatic heterocycles. The summed E-state index contributed by atoms with van der Waals surface area (Å²) in [6.07, 6.45) is 1.88. The van der Waals surface area contributed by atoms with Crippen molar-refractivity contribution < 1.29 is 5.11 Å². The third-order valence-corrected chi connectivity index (χ3v) is 3.86. The van der Waals surface area contributed by atoms with E-state index in [1.807, 2.05) is 18.2 Å². The number of phenolic OH excluding ortho intramolecular Hbond substituents is 1. The van der Waals surface area contributed by atoms with E-state index in [9.17, 15) is 5.11 Å². The number of anilines is 2. The first-order valence-electron chi connectivity index (χ1n) is 7.07. The van der Waals surface area contributed by atoms with Crippen LogP contribution in [0.15, 0.2) is 30.3 Å². The first-order valence-corrected chi connectivity index (χ1v) is 7.07. The third kappa shape index (κ3) is 2.75. The van der Waals surface area contributed by atoms with Crippen LogP contribution in [0.25, 0.3) is 11.3 Å². The number of benzene rings is 1. The lowest BCUT2D eigenvalue weighted by molar-refractivity contribution is 0.477. The number of piperidine rings is 1. The van der Waals surface area contributed by atoms with Gasteiger partial charge in [0.05, 0.1) is 11.4 Å². The molecular formula is C15H19N5O. The molecule has 0 aliphatic carbocycles. The Bertz CT molecular complexity index is 638. The molecule has 0 unspecified atom stereocenters. The maximum atomic E-state index is 9.94. The zero-order valence-corrected chi connectivity index (χ0v) is 11.7. The molecule has 0 spiro atoms. The van der Waals surface area contributed by atoms with Crippen molar-refractivity contribution in [3.05, 3.63) is 30.3 Å². The SMILES string of the molecule is Nc1nnc(-c2ccccc2O)cc1N1CCC(N)CC1. The maximum Gasteiger partial charge on any atom is 0.169 e. The predicted octanol–water partition coefficient (Wildman–Crippen LogP) is 1.36. The zero-order valence-electron chi connectivity index (χ0n) is 11.7. The van der Waals surface area contributed by atoms with Crippen LogP contribution in [0.3, 0.4) is 0 Å². The molecule has 3 rings (SSSR count). The van der Waals surface area contributed by atoms with E-state index in [4.69, 9.17) is 11.5 Å². The second kappa shape index (κ2) is 5.57. The molecule has 1 saturated heterocycles. The van der Waals surface area contributed by atoms with Crippen LogP contribution in [-0.4, -0.2) is 34.4 Å². The van der Waals surface area contributed by atoms with Gasteiger partial charge in [-0.2, -0.15) is 0 Å². The Morgan fingerprint density at radius 2 is 1.86 bits per heavy atom. The monoisotopic (exact) mass is 285 g/mol. The molecule has 0 atom stereocenters. The molecule has 110 valence electrons. The summed E-state index contributed by atoms with van der Waals surface area (Å²) in [5, 5.41) is 18.1. The van der Waals surface area contributed by atoms with Crippen molar-refractivity contribution in [1.82, 2.24) is 10.2 Å². The first-order chi connectivity index (χ1) is 10.1. The van der Waals surface area contributed by atoms with E-state index in [-0.39, 0.29) is 11.8 Å². The molecule has 0 amide bonds. The van der Waals surface area contributed by atoms with Gasteiger partial charge in [-0.15, -0.1) is 10.2 Å². The van der Waals surface area contributed by atoms with Crippen LogP contribution >= 0.6 is 0 Å². The van der Waals surface area contributed by atoms with E-state index in [1.54, 1.807) is 12.1 Å². The van der Waals surface area contributed by atoms with Gasteiger partial charge in [0, 0.05) is 24.7 Å². The van der Waals surface area contributed by atoms with E-state index in [0.717, 1.165) is 31.6 Å². The van der Waals surface area contributed by atoms with Crippen molar-refractivity contribution in [3.8, 4) is 17.0 Å². The average molecular weight is 285 g/mol. The number of para-hydroxylation sites is 1. The van der Waals surface area contributed by atoms with E-state index >= 15 is 0 Å². The molecule has 1 aromatic carbocycles. The summed E-state index contributed by atoms with van der Waals surface area (Å²) in [6, 6.07) is 9.21. The minimum atomic E-state index is 0.184.